The maximum atomic E-state index is 12.9. The molecule has 2 aromatic rings. The molecule has 1 unspecified atom stereocenters. The van der Waals surface area contributed by atoms with Gasteiger partial charge < -0.3 is 20.4 Å². The highest BCUT2D eigenvalue weighted by Crippen LogP contribution is 2.33. The molecule has 0 radical (unpaired) electrons. The Morgan fingerprint density at radius 1 is 1.27 bits per heavy atom. The van der Waals surface area contributed by atoms with Crippen molar-refractivity contribution in [2.75, 3.05) is 13.1 Å². The quantitative estimate of drug-likeness (QED) is 0.491. The van der Waals surface area contributed by atoms with Crippen molar-refractivity contribution in [1.82, 2.24) is 10.2 Å². The number of nitrogens with zero attached hydrogens (tertiary/aromatic N) is 1. The lowest BCUT2D eigenvalue weighted by Crippen LogP contribution is -2.50. The van der Waals surface area contributed by atoms with Crippen molar-refractivity contribution in [2.24, 2.45) is 0 Å². The number of likely N-dealkylation sites (tertiary alicyclic amines) is 1. The van der Waals surface area contributed by atoms with Gasteiger partial charge in [-0.25, -0.2) is 0 Å². The van der Waals surface area contributed by atoms with Gasteiger partial charge in [0.25, 0.3) is 11.8 Å². The fourth-order valence-electron chi connectivity index (χ4n) is 4.19. The summed E-state index contributed by atoms with van der Waals surface area (Å²) in [5, 5.41) is 25.5. The minimum Gasteiger partial charge on any atom is -0.380 e. The molecule has 33 heavy (non-hydrogen) atoms. The highest BCUT2D eigenvalue weighted by atomic mass is 32.1. The van der Waals surface area contributed by atoms with E-state index in [0.29, 0.717) is 19.5 Å². The van der Waals surface area contributed by atoms with Crippen molar-refractivity contribution >= 4 is 23.2 Å². The van der Waals surface area contributed by atoms with Crippen LogP contribution >= 0.6 is 11.3 Å². The van der Waals surface area contributed by atoms with Gasteiger partial charge in [-0.15, -0.1) is 11.3 Å². The molecule has 1 aromatic heterocycles. The summed E-state index contributed by atoms with van der Waals surface area (Å²) in [7, 11) is 0. The van der Waals surface area contributed by atoms with Crippen molar-refractivity contribution in [2.45, 2.75) is 64.7 Å². The SMILES string of the molecule is C/C=C(\C)Cc1csc(CCNC(=O)[C@H](O)[C@@H](O)C(=O)N2CCCC2c2cccc(C)c2)c1. The van der Waals surface area contributed by atoms with E-state index >= 15 is 0 Å². The molecule has 178 valence electrons. The van der Waals surface area contributed by atoms with Crippen LogP contribution in [0.2, 0.25) is 0 Å². The maximum absolute atomic E-state index is 12.9. The molecular formula is C26H34N2O4S. The zero-order valence-electron chi connectivity index (χ0n) is 19.6. The molecule has 6 nitrogen and oxygen atoms in total. The Morgan fingerprint density at radius 3 is 2.79 bits per heavy atom. The molecule has 3 atom stereocenters. The van der Waals surface area contributed by atoms with Crippen LogP contribution in [0.1, 0.15) is 54.3 Å². The zero-order valence-corrected chi connectivity index (χ0v) is 20.4. The second-order valence-electron chi connectivity index (χ2n) is 8.77. The number of rotatable bonds is 9. The lowest BCUT2D eigenvalue weighted by atomic mass is 10.0. The van der Waals surface area contributed by atoms with Crippen LogP contribution < -0.4 is 5.32 Å². The second-order valence-corrected chi connectivity index (χ2v) is 9.76. The molecule has 0 spiro atoms. The second kappa shape index (κ2) is 11.6. The summed E-state index contributed by atoms with van der Waals surface area (Å²) in [5.74, 6) is -1.34. The summed E-state index contributed by atoms with van der Waals surface area (Å²) >= 11 is 1.64. The predicted octanol–water partition coefficient (Wildman–Crippen LogP) is 3.31. The first-order valence-corrected chi connectivity index (χ1v) is 12.4. The Bertz CT molecular complexity index is 1000. The van der Waals surface area contributed by atoms with Crippen LogP contribution in [0.4, 0.5) is 0 Å². The fraction of sp³-hybridized carbons (Fsp3) is 0.462. The number of hydrogen-bond donors (Lipinski definition) is 3. The predicted molar refractivity (Wildman–Crippen MR) is 131 cm³/mol. The third-order valence-corrected chi connectivity index (χ3v) is 7.18. The van der Waals surface area contributed by atoms with E-state index in [4.69, 9.17) is 0 Å². The van der Waals surface area contributed by atoms with E-state index in [9.17, 15) is 19.8 Å². The summed E-state index contributed by atoms with van der Waals surface area (Å²) in [5.41, 5.74) is 4.65. The van der Waals surface area contributed by atoms with Crippen molar-refractivity contribution in [1.29, 1.82) is 0 Å². The molecule has 3 rings (SSSR count). The first-order chi connectivity index (χ1) is 15.8. The van der Waals surface area contributed by atoms with Gasteiger partial charge in [0.05, 0.1) is 6.04 Å². The average molecular weight is 471 g/mol. The first kappa shape index (κ1) is 25.1. The number of aliphatic hydroxyl groups is 2. The Morgan fingerprint density at radius 2 is 2.06 bits per heavy atom. The van der Waals surface area contributed by atoms with Gasteiger partial charge in [0.2, 0.25) is 0 Å². The number of benzene rings is 1. The topological polar surface area (TPSA) is 89.9 Å². The molecule has 2 heterocycles. The normalized spacial score (nSPS) is 18.3. The highest BCUT2D eigenvalue weighted by molar-refractivity contribution is 7.10. The molecule has 1 fully saturated rings. The number of nitrogens with one attached hydrogen (secondary N) is 1. The minimum atomic E-state index is -1.80. The summed E-state index contributed by atoms with van der Waals surface area (Å²) in [6.45, 7) is 6.94. The van der Waals surface area contributed by atoms with E-state index in [2.05, 4.69) is 29.8 Å². The lowest BCUT2D eigenvalue weighted by molar-refractivity contribution is -0.153. The summed E-state index contributed by atoms with van der Waals surface area (Å²) in [4.78, 5) is 28.0. The molecule has 1 aliphatic heterocycles. The van der Waals surface area contributed by atoms with Gasteiger partial charge in [0.1, 0.15) is 0 Å². The minimum absolute atomic E-state index is 0.151. The molecular weight excluding hydrogens is 436 g/mol. The lowest BCUT2D eigenvalue weighted by Gasteiger charge is -2.28. The Balaban J connectivity index is 1.52. The Kier molecular flexibility index (Phi) is 8.83. The Labute approximate surface area is 199 Å². The summed E-state index contributed by atoms with van der Waals surface area (Å²) in [6.07, 6.45) is 1.66. The van der Waals surface area contributed by atoms with E-state index in [1.54, 1.807) is 16.2 Å². The third kappa shape index (κ3) is 6.53. The third-order valence-electron chi connectivity index (χ3n) is 6.14. The van der Waals surface area contributed by atoms with E-state index < -0.39 is 24.0 Å². The van der Waals surface area contributed by atoms with Gasteiger partial charge in [-0.05, 0) is 69.0 Å². The molecule has 1 saturated heterocycles. The molecule has 0 aliphatic carbocycles. The fourth-order valence-corrected chi connectivity index (χ4v) is 5.08. The van der Waals surface area contributed by atoms with E-state index in [1.807, 2.05) is 38.1 Å². The van der Waals surface area contributed by atoms with Gasteiger partial charge in [-0.1, -0.05) is 41.5 Å². The molecule has 7 heteroatoms. The summed E-state index contributed by atoms with van der Waals surface area (Å²) < 4.78 is 0. The van der Waals surface area contributed by atoms with Gasteiger partial charge >= 0.3 is 0 Å². The van der Waals surface area contributed by atoms with Crippen LogP contribution in [0.15, 0.2) is 47.4 Å². The number of hydrogen-bond acceptors (Lipinski definition) is 5. The Hall–Kier alpha value is -2.48. The van der Waals surface area contributed by atoms with Crippen LogP contribution in [0.3, 0.4) is 0 Å². The molecule has 0 bridgehead atoms. The molecule has 0 saturated carbocycles. The maximum Gasteiger partial charge on any atom is 0.255 e. The average Bonchev–Trinajstić information content (AvgIpc) is 3.47. The number of thiophene rings is 1. The molecule has 1 aromatic carbocycles. The first-order valence-electron chi connectivity index (χ1n) is 11.5. The monoisotopic (exact) mass is 470 g/mol. The number of carbonyl (C=O) groups is 2. The van der Waals surface area contributed by atoms with Gasteiger partial charge in [-0.2, -0.15) is 0 Å². The number of aliphatic hydroxyl groups excluding tert-OH is 2. The molecule has 3 N–H and O–H groups in total. The van der Waals surface area contributed by atoms with Crippen LogP contribution in [0, 0.1) is 6.92 Å². The standard InChI is InChI=1S/C26H34N2O4S/c1-4-17(2)13-19-15-21(33-16-19)10-11-27-25(31)23(29)24(30)26(32)28-12-6-9-22(28)20-8-5-7-18(3)14-20/h4-5,7-8,14-16,22-24,29-30H,6,9-13H2,1-3H3,(H,27,31)/b17-4+/t22?,23-,24-/m1/s1. The van der Waals surface area contributed by atoms with Crippen molar-refractivity contribution < 1.29 is 19.8 Å². The summed E-state index contributed by atoms with van der Waals surface area (Å²) in [6, 6.07) is 9.91. The van der Waals surface area contributed by atoms with Gasteiger partial charge in [-0.3, -0.25) is 9.59 Å². The van der Waals surface area contributed by atoms with Crippen LogP contribution in [0.25, 0.3) is 0 Å². The van der Waals surface area contributed by atoms with Gasteiger partial charge in [0, 0.05) is 18.0 Å². The molecule has 2 amide bonds. The number of aryl methyl sites for hydroxylation is 1. The number of carbonyl (C=O) groups excluding carboxylic acids is 2. The van der Waals surface area contributed by atoms with Gasteiger partial charge in [0.15, 0.2) is 12.2 Å². The van der Waals surface area contributed by atoms with Crippen LogP contribution in [-0.2, 0) is 22.4 Å². The zero-order chi connectivity index (χ0) is 24.0. The largest absolute Gasteiger partial charge is 0.380 e. The van der Waals surface area contributed by atoms with Crippen molar-refractivity contribution in [3.05, 3.63) is 68.9 Å². The van der Waals surface area contributed by atoms with E-state index in [1.165, 1.54) is 11.1 Å². The van der Waals surface area contributed by atoms with E-state index in [0.717, 1.165) is 35.3 Å². The highest BCUT2D eigenvalue weighted by Gasteiger charge is 2.38. The number of amides is 2. The number of allylic oxidation sites excluding steroid dienone is 2. The van der Waals surface area contributed by atoms with Crippen molar-refractivity contribution in [3.63, 3.8) is 0 Å². The van der Waals surface area contributed by atoms with Crippen LogP contribution in [-0.4, -0.2) is 52.2 Å². The van der Waals surface area contributed by atoms with Crippen LogP contribution in [0.5, 0.6) is 0 Å². The smallest absolute Gasteiger partial charge is 0.255 e. The van der Waals surface area contributed by atoms with Crippen molar-refractivity contribution in [3.8, 4) is 0 Å². The molecule has 1 aliphatic rings. The van der Waals surface area contributed by atoms with E-state index in [-0.39, 0.29) is 6.04 Å².